The van der Waals surface area contributed by atoms with Crippen LogP contribution in [0.4, 0.5) is 11.4 Å². The largest absolute Gasteiger partial charge is 0.398 e. The van der Waals surface area contributed by atoms with Gasteiger partial charge in [0, 0.05) is 17.4 Å². The van der Waals surface area contributed by atoms with Gasteiger partial charge in [0.15, 0.2) is 0 Å². The predicted octanol–water partition coefficient (Wildman–Crippen LogP) is 3.81. The Bertz CT molecular complexity index is 387. The molecule has 0 bridgehead atoms. The molecule has 0 heterocycles. The highest BCUT2D eigenvalue weighted by atomic mass is 14.9. The normalized spacial score (nSPS) is 29.0. The quantitative estimate of drug-likeness (QED) is 0.761. The van der Waals surface area contributed by atoms with Crippen LogP contribution in [0.15, 0.2) is 18.2 Å². The molecule has 17 heavy (non-hydrogen) atoms. The van der Waals surface area contributed by atoms with E-state index in [1.807, 2.05) is 12.1 Å². The number of benzene rings is 1. The number of nitrogens with one attached hydrogen (secondary N) is 1. The number of anilines is 2. The first kappa shape index (κ1) is 12.3. The van der Waals surface area contributed by atoms with Crippen molar-refractivity contribution in [2.75, 3.05) is 11.1 Å². The number of nitrogens with two attached hydrogens (primary N) is 1. The van der Waals surface area contributed by atoms with Gasteiger partial charge in [-0.2, -0.15) is 0 Å². The van der Waals surface area contributed by atoms with Crippen molar-refractivity contribution >= 4 is 11.4 Å². The van der Waals surface area contributed by atoms with Crippen LogP contribution in [0.5, 0.6) is 0 Å². The molecule has 94 valence electrons. The second kappa shape index (κ2) is 4.99. The average Bonchev–Trinajstić information content (AvgIpc) is 2.28. The van der Waals surface area contributed by atoms with Crippen molar-refractivity contribution in [2.45, 2.75) is 46.1 Å². The van der Waals surface area contributed by atoms with Crippen LogP contribution in [0.2, 0.25) is 0 Å². The van der Waals surface area contributed by atoms with Crippen molar-refractivity contribution in [3.05, 3.63) is 23.8 Å². The molecule has 2 rings (SSSR count). The van der Waals surface area contributed by atoms with E-state index in [-0.39, 0.29) is 0 Å². The van der Waals surface area contributed by atoms with Crippen molar-refractivity contribution in [1.82, 2.24) is 0 Å². The third kappa shape index (κ3) is 2.74. The van der Waals surface area contributed by atoms with E-state index in [9.17, 15) is 0 Å². The van der Waals surface area contributed by atoms with Crippen LogP contribution < -0.4 is 11.1 Å². The van der Waals surface area contributed by atoms with Crippen molar-refractivity contribution in [3.63, 3.8) is 0 Å². The summed E-state index contributed by atoms with van der Waals surface area (Å²) in [6.45, 7) is 6.81. The topological polar surface area (TPSA) is 38.0 Å². The average molecular weight is 232 g/mol. The summed E-state index contributed by atoms with van der Waals surface area (Å²) < 4.78 is 0. The lowest BCUT2D eigenvalue weighted by atomic mass is 9.80. The van der Waals surface area contributed by atoms with Crippen LogP contribution in [0, 0.1) is 18.8 Å². The number of nitrogen functional groups attached to an aromatic ring is 1. The first-order valence-corrected chi connectivity index (χ1v) is 6.69. The minimum atomic E-state index is 0.603. The van der Waals surface area contributed by atoms with Crippen molar-refractivity contribution < 1.29 is 0 Å². The van der Waals surface area contributed by atoms with Gasteiger partial charge in [-0.15, -0.1) is 0 Å². The first-order chi connectivity index (χ1) is 8.08. The van der Waals surface area contributed by atoms with Crippen LogP contribution in [0.1, 0.15) is 38.7 Å². The SMILES string of the molecule is Cc1c(N)cccc1NC1CCC(C)CC1C. The third-order valence-corrected chi connectivity index (χ3v) is 4.15. The molecular weight excluding hydrogens is 208 g/mol. The molecule has 1 saturated carbocycles. The Kier molecular flexibility index (Phi) is 3.60. The van der Waals surface area contributed by atoms with E-state index in [1.165, 1.54) is 30.5 Å². The standard InChI is InChI=1S/C15H24N2/c1-10-7-8-14(11(2)9-10)17-15-6-4-5-13(16)12(15)3/h4-6,10-11,14,17H,7-9,16H2,1-3H3. The van der Waals surface area contributed by atoms with Crippen molar-refractivity contribution in [3.8, 4) is 0 Å². The molecule has 3 N–H and O–H groups in total. The summed E-state index contributed by atoms with van der Waals surface area (Å²) in [6.07, 6.45) is 3.94. The zero-order chi connectivity index (χ0) is 12.4. The van der Waals surface area contributed by atoms with Gasteiger partial charge in [0.25, 0.3) is 0 Å². The molecule has 0 aliphatic heterocycles. The Morgan fingerprint density at radius 1 is 1.24 bits per heavy atom. The smallest absolute Gasteiger partial charge is 0.0392 e. The van der Waals surface area contributed by atoms with Crippen LogP contribution in [-0.4, -0.2) is 6.04 Å². The molecule has 0 radical (unpaired) electrons. The van der Waals surface area contributed by atoms with Gasteiger partial charge in [-0.25, -0.2) is 0 Å². The maximum atomic E-state index is 5.94. The lowest BCUT2D eigenvalue weighted by molar-refractivity contribution is 0.276. The number of rotatable bonds is 2. The number of hydrogen-bond donors (Lipinski definition) is 2. The molecule has 1 aromatic carbocycles. The summed E-state index contributed by atoms with van der Waals surface area (Å²) in [6, 6.07) is 6.73. The highest BCUT2D eigenvalue weighted by molar-refractivity contribution is 5.63. The Balaban J connectivity index is 2.08. The maximum Gasteiger partial charge on any atom is 0.0392 e. The van der Waals surface area contributed by atoms with E-state index in [1.54, 1.807) is 0 Å². The summed E-state index contributed by atoms with van der Waals surface area (Å²) in [7, 11) is 0. The van der Waals surface area contributed by atoms with E-state index >= 15 is 0 Å². The van der Waals surface area contributed by atoms with Crippen LogP contribution in [0.25, 0.3) is 0 Å². The summed E-state index contributed by atoms with van der Waals surface area (Å²) in [4.78, 5) is 0. The third-order valence-electron chi connectivity index (χ3n) is 4.15. The zero-order valence-corrected chi connectivity index (χ0v) is 11.2. The highest BCUT2D eigenvalue weighted by Crippen LogP contribution is 2.32. The fourth-order valence-electron chi connectivity index (χ4n) is 2.89. The van der Waals surface area contributed by atoms with Gasteiger partial charge in [-0.3, -0.25) is 0 Å². The Hall–Kier alpha value is -1.18. The molecule has 3 atom stereocenters. The zero-order valence-electron chi connectivity index (χ0n) is 11.2. The van der Waals surface area contributed by atoms with Crippen molar-refractivity contribution in [2.24, 2.45) is 11.8 Å². The molecule has 3 unspecified atom stereocenters. The second-order valence-electron chi connectivity index (χ2n) is 5.67. The second-order valence-corrected chi connectivity index (χ2v) is 5.67. The molecule has 2 heteroatoms. The van der Waals surface area contributed by atoms with Crippen molar-refractivity contribution in [1.29, 1.82) is 0 Å². The van der Waals surface area contributed by atoms with Gasteiger partial charge in [-0.1, -0.05) is 19.9 Å². The van der Waals surface area contributed by atoms with Gasteiger partial charge >= 0.3 is 0 Å². The Labute approximate surface area is 105 Å². The summed E-state index contributed by atoms with van der Waals surface area (Å²) in [5.41, 5.74) is 9.21. The molecule has 0 amide bonds. The fourth-order valence-corrected chi connectivity index (χ4v) is 2.89. The van der Waals surface area contributed by atoms with E-state index in [2.05, 4.69) is 32.2 Å². The minimum absolute atomic E-state index is 0.603. The van der Waals surface area contributed by atoms with Crippen LogP contribution in [0.3, 0.4) is 0 Å². The lowest BCUT2D eigenvalue weighted by Gasteiger charge is -2.34. The van der Waals surface area contributed by atoms with Crippen LogP contribution in [-0.2, 0) is 0 Å². The molecule has 2 nitrogen and oxygen atoms in total. The molecule has 0 aromatic heterocycles. The van der Waals surface area contributed by atoms with Gasteiger partial charge in [0.05, 0.1) is 0 Å². The molecule has 0 spiro atoms. The van der Waals surface area contributed by atoms with Gasteiger partial charge in [0.2, 0.25) is 0 Å². The molecule has 1 aliphatic rings. The van der Waals surface area contributed by atoms with E-state index in [0.29, 0.717) is 6.04 Å². The summed E-state index contributed by atoms with van der Waals surface area (Å²) >= 11 is 0. The summed E-state index contributed by atoms with van der Waals surface area (Å²) in [5.74, 6) is 1.63. The fraction of sp³-hybridized carbons (Fsp3) is 0.600. The lowest BCUT2D eigenvalue weighted by Crippen LogP contribution is -2.33. The summed E-state index contributed by atoms with van der Waals surface area (Å²) in [5, 5.41) is 3.68. The van der Waals surface area contributed by atoms with Gasteiger partial charge < -0.3 is 11.1 Å². The van der Waals surface area contributed by atoms with Gasteiger partial charge in [0.1, 0.15) is 0 Å². The highest BCUT2D eigenvalue weighted by Gasteiger charge is 2.25. The van der Waals surface area contributed by atoms with E-state index < -0.39 is 0 Å². The minimum Gasteiger partial charge on any atom is -0.398 e. The predicted molar refractivity (Wildman–Crippen MR) is 75.2 cm³/mol. The Morgan fingerprint density at radius 2 is 2.00 bits per heavy atom. The molecular formula is C15H24N2. The Morgan fingerprint density at radius 3 is 2.71 bits per heavy atom. The maximum absolute atomic E-state index is 5.94. The molecule has 0 saturated heterocycles. The van der Waals surface area contributed by atoms with E-state index in [0.717, 1.165) is 17.5 Å². The molecule has 1 fully saturated rings. The van der Waals surface area contributed by atoms with Gasteiger partial charge in [-0.05, 0) is 55.7 Å². The monoisotopic (exact) mass is 232 g/mol. The van der Waals surface area contributed by atoms with E-state index in [4.69, 9.17) is 5.73 Å². The first-order valence-electron chi connectivity index (χ1n) is 6.69. The molecule has 1 aromatic rings. The number of hydrogen-bond acceptors (Lipinski definition) is 2. The van der Waals surface area contributed by atoms with Crippen LogP contribution >= 0.6 is 0 Å². The molecule has 1 aliphatic carbocycles.